The second kappa shape index (κ2) is 7.84. The number of hydrogen-bond acceptors (Lipinski definition) is 6. The number of hydrogen-bond donors (Lipinski definition) is 0. The van der Waals surface area contributed by atoms with Gasteiger partial charge in [-0.05, 0) is 38.0 Å². The largest absolute Gasteiger partial charge is 0.477 e. The maximum atomic E-state index is 11.9. The highest BCUT2D eigenvalue weighted by molar-refractivity contribution is 5.66. The van der Waals surface area contributed by atoms with Crippen molar-refractivity contribution in [2.75, 3.05) is 6.61 Å². The Labute approximate surface area is 168 Å². The molecule has 0 aliphatic heterocycles. The van der Waals surface area contributed by atoms with Crippen LogP contribution in [0, 0.1) is 31.1 Å². The van der Waals surface area contributed by atoms with E-state index in [4.69, 9.17) is 10.00 Å². The summed E-state index contributed by atoms with van der Waals surface area (Å²) in [7, 11) is 0. The van der Waals surface area contributed by atoms with Crippen LogP contribution in [0.25, 0.3) is 11.1 Å². The molecule has 29 heavy (non-hydrogen) atoms. The minimum Gasteiger partial charge on any atom is -0.477 e. The molecule has 0 N–H and O–H groups in total. The zero-order chi connectivity index (χ0) is 20.4. The Morgan fingerprint density at radius 3 is 2.83 bits per heavy atom. The van der Waals surface area contributed by atoms with E-state index in [0.29, 0.717) is 35.7 Å². The van der Waals surface area contributed by atoms with Crippen molar-refractivity contribution in [3.63, 3.8) is 0 Å². The third kappa shape index (κ3) is 4.16. The van der Waals surface area contributed by atoms with E-state index in [-0.39, 0.29) is 12.1 Å². The lowest BCUT2D eigenvalue weighted by Gasteiger charge is -2.12. The van der Waals surface area contributed by atoms with Gasteiger partial charge >= 0.3 is 0 Å². The molecule has 0 aromatic carbocycles. The molecular weight excluding hydrogens is 366 g/mol. The molecule has 1 aliphatic rings. The molecular formula is C22H21N5O2. The molecule has 4 rings (SSSR count). The van der Waals surface area contributed by atoms with Crippen LogP contribution in [0.2, 0.25) is 0 Å². The first kappa shape index (κ1) is 18.8. The van der Waals surface area contributed by atoms with Crippen molar-refractivity contribution in [1.82, 2.24) is 19.5 Å². The maximum Gasteiger partial charge on any atom is 0.251 e. The van der Waals surface area contributed by atoms with Crippen LogP contribution >= 0.6 is 0 Å². The normalized spacial score (nSPS) is 17.6. The number of ether oxygens (including phenoxy) is 1. The highest BCUT2D eigenvalue weighted by atomic mass is 16.5. The lowest BCUT2D eigenvalue weighted by molar-refractivity contribution is 0.285. The van der Waals surface area contributed by atoms with Crippen LogP contribution in [0.3, 0.4) is 0 Å². The number of rotatable bonds is 6. The second-order valence-corrected chi connectivity index (χ2v) is 7.35. The summed E-state index contributed by atoms with van der Waals surface area (Å²) in [6, 6.07) is 9.30. The highest BCUT2D eigenvalue weighted by Gasteiger charge is 2.40. The number of nitriles is 1. The third-order valence-electron chi connectivity index (χ3n) is 5.08. The molecule has 0 radical (unpaired) electrons. The molecule has 3 heterocycles. The topological polar surface area (TPSA) is 93.7 Å². The number of nitrogens with zero attached hydrogens (tertiary/aromatic N) is 5. The van der Waals surface area contributed by atoms with Gasteiger partial charge in [-0.25, -0.2) is 4.98 Å². The van der Waals surface area contributed by atoms with E-state index in [1.165, 1.54) is 10.6 Å². The van der Waals surface area contributed by atoms with Gasteiger partial charge in [-0.1, -0.05) is 6.07 Å². The van der Waals surface area contributed by atoms with E-state index < -0.39 is 0 Å². The molecule has 1 fully saturated rings. The van der Waals surface area contributed by atoms with Gasteiger partial charge in [0.05, 0.1) is 18.2 Å². The van der Waals surface area contributed by atoms with Crippen LogP contribution in [-0.4, -0.2) is 26.1 Å². The van der Waals surface area contributed by atoms with Gasteiger partial charge in [0.25, 0.3) is 5.56 Å². The molecule has 1 aliphatic carbocycles. The lowest BCUT2D eigenvalue weighted by atomic mass is 10.1. The van der Waals surface area contributed by atoms with Gasteiger partial charge in [0.15, 0.2) is 0 Å². The molecule has 146 valence electrons. The molecule has 0 amide bonds. The fourth-order valence-corrected chi connectivity index (χ4v) is 3.33. The first-order valence-electron chi connectivity index (χ1n) is 9.52. The van der Waals surface area contributed by atoms with E-state index in [1.807, 2.05) is 26.1 Å². The first-order valence-corrected chi connectivity index (χ1v) is 9.52. The molecule has 1 saturated carbocycles. The Balaban J connectivity index is 1.52. The van der Waals surface area contributed by atoms with Gasteiger partial charge in [-0.15, -0.1) is 0 Å². The number of pyridine rings is 2. The third-order valence-corrected chi connectivity index (χ3v) is 5.08. The van der Waals surface area contributed by atoms with Crippen LogP contribution in [0.1, 0.15) is 29.4 Å². The smallest absolute Gasteiger partial charge is 0.251 e. The quantitative estimate of drug-likeness (QED) is 0.645. The molecule has 2 unspecified atom stereocenters. The minimum atomic E-state index is -0.225. The highest BCUT2D eigenvalue weighted by Crippen LogP contribution is 2.47. The zero-order valence-electron chi connectivity index (χ0n) is 16.4. The van der Waals surface area contributed by atoms with Crippen molar-refractivity contribution in [3.05, 3.63) is 70.3 Å². The monoisotopic (exact) mass is 387 g/mol. The van der Waals surface area contributed by atoms with E-state index in [9.17, 15) is 4.79 Å². The van der Waals surface area contributed by atoms with Crippen LogP contribution < -0.4 is 10.3 Å². The van der Waals surface area contributed by atoms with Crippen LogP contribution in [0.5, 0.6) is 5.88 Å². The predicted octanol–water partition coefficient (Wildman–Crippen LogP) is 3.02. The van der Waals surface area contributed by atoms with Crippen molar-refractivity contribution in [2.24, 2.45) is 5.92 Å². The van der Waals surface area contributed by atoms with E-state index in [1.54, 1.807) is 18.5 Å². The number of aromatic nitrogens is 4. The van der Waals surface area contributed by atoms with Crippen molar-refractivity contribution < 1.29 is 4.74 Å². The van der Waals surface area contributed by atoms with Crippen LogP contribution in [-0.2, 0) is 6.54 Å². The Bertz CT molecular complexity index is 1130. The molecule has 3 aromatic heterocycles. The van der Waals surface area contributed by atoms with Gasteiger partial charge in [-0.2, -0.15) is 10.2 Å². The van der Waals surface area contributed by atoms with Crippen LogP contribution in [0.15, 0.2) is 47.7 Å². The van der Waals surface area contributed by atoms with E-state index in [2.05, 4.69) is 27.1 Å². The lowest BCUT2D eigenvalue weighted by Crippen LogP contribution is -2.17. The van der Waals surface area contributed by atoms with E-state index in [0.717, 1.165) is 23.2 Å². The van der Waals surface area contributed by atoms with Gasteiger partial charge in [0.2, 0.25) is 5.88 Å². The molecule has 0 saturated heterocycles. The zero-order valence-corrected chi connectivity index (χ0v) is 16.4. The summed E-state index contributed by atoms with van der Waals surface area (Å²) in [6.45, 7) is 4.37. The maximum absolute atomic E-state index is 11.9. The van der Waals surface area contributed by atoms with E-state index >= 15 is 0 Å². The Hall–Kier alpha value is -3.53. The van der Waals surface area contributed by atoms with Crippen molar-refractivity contribution >= 4 is 0 Å². The van der Waals surface area contributed by atoms with Crippen LogP contribution in [0.4, 0.5) is 0 Å². The standard InChI is InChI=1S/C22H21N5O2/c1-14-3-5-20(25-10-14)18-9-17(18)13-29-22-19(11-24-15(2)26-22)16-4-6-21(28)27(12-16)8-7-23/h3-6,10-12,17-18H,8-9,13H2,1-2H3. The minimum absolute atomic E-state index is 0.0110. The summed E-state index contributed by atoms with van der Waals surface area (Å²) in [6.07, 6.45) is 6.28. The Morgan fingerprint density at radius 2 is 2.07 bits per heavy atom. The summed E-state index contributed by atoms with van der Waals surface area (Å²) in [5.74, 6) is 1.92. The summed E-state index contributed by atoms with van der Waals surface area (Å²) < 4.78 is 7.43. The fourth-order valence-electron chi connectivity index (χ4n) is 3.33. The van der Waals surface area contributed by atoms with Gasteiger partial charge in [-0.3, -0.25) is 9.78 Å². The second-order valence-electron chi connectivity index (χ2n) is 7.35. The molecule has 2 atom stereocenters. The molecule has 0 bridgehead atoms. The molecule has 0 spiro atoms. The van der Waals surface area contributed by atoms with Gasteiger partial charge < -0.3 is 9.30 Å². The SMILES string of the molecule is Cc1ccc(C2CC2COc2nc(C)ncc2-c2ccc(=O)n(CC#N)c2)nc1. The Kier molecular flexibility index (Phi) is 5.09. The molecule has 3 aromatic rings. The number of aryl methyl sites for hydroxylation is 2. The average Bonchev–Trinajstić information content (AvgIpc) is 3.49. The molecule has 7 heteroatoms. The fraction of sp³-hybridized carbons (Fsp3) is 0.318. The average molecular weight is 387 g/mol. The first-order chi connectivity index (χ1) is 14.0. The summed E-state index contributed by atoms with van der Waals surface area (Å²) in [4.78, 5) is 25.1. The summed E-state index contributed by atoms with van der Waals surface area (Å²) in [5, 5.41) is 8.92. The van der Waals surface area contributed by atoms with Gasteiger partial charge in [0.1, 0.15) is 12.4 Å². The van der Waals surface area contributed by atoms with Gasteiger partial charge in [0, 0.05) is 47.8 Å². The predicted molar refractivity (Wildman–Crippen MR) is 107 cm³/mol. The Morgan fingerprint density at radius 1 is 1.21 bits per heavy atom. The van der Waals surface area contributed by atoms with Crippen molar-refractivity contribution in [1.29, 1.82) is 5.26 Å². The summed E-state index contributed by atoms with van der Waals surface area (Å²) >= 11 is 0. The van der Waals surface area contributed by atoms with Crippen molar-refractivity contribution in [3.8, 4) is 23.1 Å². The van der Waals surface area contributed by atoms with Crippen molar-refractivity contribution in [2.45, 2.75) is 32.7 Å². The molecule has 7 nitrogen and oxygen atoms in total. The summed E-state index contributed by atoms with van der Waals surface area (Å²) in [5.41, 5.74) is 3.47.